The number of imidazole rings is 1. The molecule has 1 aromatic heterocycles. The molecule has 3 N–H and O–H groups in total. The zero-order chi connectivity index (χ0) is 15.5. The highest BCUT2D eigenvalue weighted by Gasteiger charge is 2.47. The van der Waals surface area contributed by atoms with E-state index in [1.807, 2.05) is 17.8 Å². The van der Waals surface area contributed by atoms with Crippen molar-refractivity contribution in [1.29, 1.82) is 0 Å². The molecule has 0 saturated carbocycles. The van der Waals surface area contributed by atoms with Gasteiger partial charge in [0.1, 0.15) is 11.2 Å². The van der Waals surface area contributed by atoms with E-state index in [9.17, 15) is 14.7 Å². The number of carbonyl (C=O) groups excluding carboxylic acids is 1. The van der Waals surface area contributed by atoms with Crippen molar-refractivity contribution in [1.82, 2.24) is 20.2 Å². The highest BCUT2D eigenvalue weighted by Crippen LogP contribution is 2.28. The van der Waals surface area contributed by atoms with E-state index >= 15 is 0 Å². The van der Waals surface area contributed by atoms with Gasteiger partial charge in [0, 0.05) is 32.4 Å². The van der Waals surface area contributed by atoms with Crippen LogP contribution in [0.1, 0.15) is 12.7 Å². The van der Waals surface area contributed by atoms with E-state index < -0.39 is 23.5 Å². The van der Waals surface area contributed by atoms with Gasteiger partial charge in [-0.25, -0.2) is 9.78 Å². The molecule has 8 heteroatoms. The summed E-state index contributed by atoms with van der Waals surface area (Å²) < 4.78 is 7.06. The molecule has 1 saturated heterocycles. The van der Waals surface area contributed by atoms with Crippen LogP contribution in [0.4, 0.5) is 4.79 Å². The molecule has 116 valence electrons. The number of hydrogen-bond donors (Lipinski definition) is 3. The number of aryl methyl sites for hydroxylation is 1. The first-order chi connectivity index (χ1) is 9.93. The van der Waals surface area contributed by atoms with Crippen molar-refractivity contribution in [3.63, 3.8) is 0 Å². The lowest BCUT2D eigenvalue weighted by molar-refractivity contribution is -0.148. The molecule has 0 bridgehead atoms. The first kappa shape index (κ1) is 15.3. The van der Waals surface area contributed by atoms with Gasteiger partial charge in [0.05, 0.1) is 19.3 Å². The fourth-order valence-electron chi connectivity index (χ4n) is 2.22. The molecule has 1 aromatic rings. The number of hydrogen-bond acceptors (Lipinski definition) is 4. The molecule has 2 atom stereocenters. The molecular formula is C13H20N4O4. The molecular weight excluding hydrogens is 276 g/mol. The van der Waals surface area contributed by atoms with Crippen molar-refractivity contribution >= 4 is 12.0 Å². The van der Waals surface area contributed by atoms with Crippen molar-refractivity contribution in [2.75, 3.05) is 19.8 Å². The zero-order valence-corrected chi connectivity index (χ0v) is 12.1. The summed E-state index contributed by atoms with van der Waals surface area (Å²) in [6.45, 7) is 2.30. The molecule has 0 radical (unpaired) electrons. The first-order valence-electron chi connectivity index (χ1n) is 6.75. The molecule has 1 fully saturated rings. The van der Waals surface area contributed by atoms with E-state index in [0.29, 0.717) is 13.0 Å². The molecule has 21 heavy (non-hydrogen) atoms. The number of ether oxygens (including phenoxy) is 1. The third kappa shape index (κ3) is 3.33. The van der Waals surface area contributed by atoms with Gasteiger partial charge >= 0.3 is 12.0 Å². The number of amides is 2. The summed E-state index contributed by atoms with van der Waals surface area (Å²) in [6, 6.07) is -0.935. The number of urea groups is 1. The van der Waals surface area contributed by atoms with E-state index in [1.165, 1.54) is 0 Å². The van der Waals surface area contributed by atoms with Crippen LogP contribution in [-0.4, -0.2) is 52.5 Å². The van der Waals surface area contributed by atoms with E-state index in [4.69, 9.17) is 4.74 Å². The minimum Gasteiger partial charge on any atom is -0.481 e. The highest BCUT2D eigenvalue weighted by atomic mass is 16.5. The number of carboxylic acids is 1. The van der Waals surface area contributed by atoms with Crippen LogP contribution in [0.3, 0.4) is 0 Å². The molecule has 0 aromatic carbocycles. The Bertz CT molecular complexity index is 530. The highest BCUT2D eigenvalue weighted by molar-refractivity contribution is 5.79. The van der Waals surface area contributed by atoms with Crippen molar-refractivity contribution in [3.05, 3.63) is 18.2 Å². The minimum atomic E-state index is -1.09. The number of carboxylic acid groups (broad SMARTS) is 1. The van der Waals surface area contributed by atoms with Crippen molar-refractivity contribution in [3.8, 4) is 0 Å². The lowest BCUT2D eigenvalue weighted by Crippen LogP contribution is -2.52. The first-order valence-corrected chi connectivity index (χ1v) is 6.75. The molecule has 1 aliphatic rings. The molecule has 1 aliphatic heterocycles. The smallest absolute Gasteiger partial charge is 0.315 e. The number of rotatable bonds is 5. The van der Waals surface area contributed by atoms with Crippen molar-refractivity contribution in [2.24, 2.45) is 12.5 Å². The van der Waals surface area contributed by atoms with Gasteiger partial charge in [0.2, 0.25) is 0 Å². The fourth-order valence-corrected chi connectivity index (χ4v) is 2.22. The Hall–Kier alpha value is -2.09. The van der Waals surface area contributed by atoms with Crippen LogP contribution in [0.25, 0.3) is 0 Å². The van der Waals surface area contributed by atoms with Crippen LogP contribution in [0.5, 0.6) is 0 Å². The van der Waals surface area contributed by atoms with Gasteiger partial charge in [0.15, 0.2) is 0 Å². The van der Waals surface area contributed by atoms with Crippen LogP contribution >= 0.6 is 0 Å². The second kappa shape index (κ2) is 6.13. The quantitative estimate of drug-likeness (QED) is 0.695. The van der Waals surface area contributed by atoms with E-state index in [0.717, 1.165) is 5.82 Å². The fraction of sp³-hybridized carbons (Fsp3) is 0.615. The number of carbonyl (C=O) groups is 2. The van der Waals surface area contributed by atoms with Gasteiger partial charge in [0.25, 0.3) is 0 Å². The predicted molar refractivity (Wildman–Crippen MR) is 73.8 cm³/mol. The Morgan fingerprint density at radius 1 is 1.62 bits per heavy atom. The van der Waals surface area contributed by atoms with Gasteiger partial charge in [-0.05, 0) is 6.92 Å². The largest absolute Gasteiger partial charge is 0.481 e. The minimum absolute atomic E-state index is 0.0978. The lowest BCUT2D eigenvalue weighted by Gasteiger charge is -2.25. The van der Waals surface area contributed by atoms with Crippen molar-refractivity contribution < 1.29 is 19.4 Å². The molecule has 0 aliphatic carbocycles. The number of nitrogens with one attached hydrogen (secondary N) is 2. The Balaban J connectivity index is 1.79. The molecule has 2 amide bonds. The maximum atomic E-state index is 11.8. The van der Waals surface area contributed by atoms with Gasteiger partial charge < -0.3 is 25.0 Å². The molecule has 2 heterocycles. The molecule has 2 rings (SSSR count). The van der Waals surface area contributed by atoms with Crippen LogP contribution in [0.2, 0.25) is 0 Å². The number of aromatic nitrogens is 2. The topological polar surface area (TPSA) is 105 Å². The Morgan fingerprint density at radius 2 is 2.38 bits per heavy atom. The maximum Gasteiger partial charge on any atom is 0.315 e. The van der Waals surface area contributed by atoms with E-state index in [2.05, 4.69) is 15.6 Å². The average molecular weight is 296 g/mol. The zero-order valence-electron chi connectivity index (χ0n) is 12.1. The summed E-state index contributed by atoms with van der Waals surface area (Å²) in [7, 11) is 1.89. The predicted octanol–water partition coefficient (Wildman–Crippen LogP) is -0.248. The summed E-state index contributed by atoms with van der Waals surface area (Å²) in [6.07, 6.45) is 4.14. The van der Waals surface area contributed by atoms with Gasteiger partial charge in [-0.1, -0.05) is 0 Å². The third-order valence-electron chi connectivity index (χ3n) is 3.80. The van der Waals surface area contributed by atoms with E-state index in [1.54, 1.807) is 13.1 Å². The van der Waals surface area contributed by atoms with Crippen LogP contribution < -0.4 is 10.6 Å². The third-order valence-corrected chi connectivity index (χ3v) is 3.80. The lowest BCUT2D eigenvalue weighted by atomic mass is 9.85. The summed E-state index contributed by atoms with van der Waals surface area (Å²) in [4.78, 5) is 27.2. The Kier molecular flexibility index (Phi) is 4.46. The van der Waals surface area contributed by atoms with Crippen LogP contribution in [-0.2, 0) is 23.0 Å². The van der Waals surface area contributed by atoms with Gasteiger partial charge in [-0.3, -0.25) is 4.79 Å². The normalized spacial score (nSPS) is 24.8. The van der Waals surface area contributed by atoms with Crippen molar-refractivity contribution in [2.45, 2.75) is 19.4 Å². The number of aliphatic carboxylic acids is 1. The van der Waals surface area contributed by atoms with Gasteiger partial charge in [-0.15, -0.1) is 0 Å². The van der Waals surface area contributed by atoms with Crippen LogP contribution in [0.15, 0.2) is 12.4 Å². The summed E-state index contributed by atoms with van der Waals surface area (Å²) in [5.41, 5.74) is -1.09. The Morgan fingerprint density at radius 3 is 3.00 bits per heavy atom. The molecule has 2 unspecified atom stereocenters. The SMILES string of the molecule is Cn1ccnc1CCNC(=O)NC1COCC1(C)C(=O)O. The molecule has 8 nitrogen and oxygen atoms in total. The summed E-state index contributed by atoms with van der Waals surface area (Å²) in [5.74, 6) is -0.104. The number of nitrogens with zero attached hydrogens (tertiary/aromatic N) is 2. The standard InChI is InChI=1S/C13H20N4O4/c1-13(11(18)19)8-21-7-9(13)16-12(20)15-4-3-10-14-5-6-17(10)2/h5-6,9H,3-4,7-8H2,1-2H3,(H,18,19)(H2,15,16,20). The monoisotopic (exact) mass is 296 g/mol. The summed E-state index contributed by atoms with van der Waals surface area (Å²) >= 11 is 0. The molecule has 0 spiro atoms. The second-order valence-electron chi connectivity index (χ2n) is 5.39. The van der Waals surface area contributed by atoms with Gasteiger partial charge in [-0.2, -0.15) is 0 Å². The maximum absolute atomic E-state index is 11.8. The van der Waals surface area contributed by atoms with E-state index in [-0.39, 0.29) is 13.2 Å². The summed E-state index contributed by atoms with van der Waals surface area (Å²) in [5, 5.41) is 14.6. The average Bonchev–Trinajstić information content (AvgIpc) is 2.98. The second-order valence-corrected chi connectivity index (χ2v) is 5.39. The Labute approximate surface area is 122 Å². The van der Waals surface area contributed by atoms with Crippen LogP contribution in [0, 0.1) is 5.41 Å².